The van der Waals surface area contributed by atoms with E-state index >= 15 is 0 Å². The average Bonchev–Trinajstić information content (AvgIpc) is 2.68. The second-order valence-corrected chi connectivity index (χ2v) is 11.3. The molecule has 4 heteroatoms. The van der Waals surface area contributed by atoms with E-state index in [9.17, 15) is 0 Å². The van der Waals surface area contributed by atoms with Crippen molar-refractivity contribution in [3.8, 4) is 0 Å². The van der Waals surface area contributed by atoms with Crippen molar-refractivity contribution in [2.75, 3.05) is 37.7 Å². The maximum atomic E-state index is 5.76. The predicted molar refractivity (Wildman–Crippen MR) is 117 cm³/mol. The second-order valence-electron chi connectivity index (χ2n) is 6.28. The zero-order valence-corrected chi connectivity index (χ0v) is 17.0. The van der Waals surface area contributed by atoms with Gasteiger partial charge in [0.1, 0.15) is 0 Å². The topological polar surface area (TPSA) is 52.0 Å². The third-order valence-corrected chi connectivity index (χ3v) is 9.84. The lowest BCUT2D eigenvalue weighted by atomic mass is 10.4. The van der Waals surface area contributed by atoms with E-state index in [-0.39, 0.29) is 15.8 Å². The van der Waals surface area contributed by atoms with E-state index in [1.165, 1.54) is 41.7 Å². The van der Waals surface area contributed by atoms with Gasteiger partial charge in [-0.15, -0.1) is 0 Å². The van der Waals surface area contributed by atoms with Gasteiger partial charge in [-0.2, -0.15) is 0 Å². The van der Waals surface area contributed by atoms with Gasteiger partial charge in [-0.1, -0.05) is 76.5 Å². The lowest BCUT2D eigenvalue weighted by Crippen LogP contribution is -2.12. The molecule has 4 N–H and O–H groups in total. The standard InChI is InChI=1S/C21H32N2P2/c22-14-7-16-24(20-10-3-1-4-11-20)18-9-19-25(17-8-15-23)21-12-5-2-6-13-21/h1-6,10-13H,7-9,14-19,22-23H2. The molecule has 0 aliphatic heterocycles. The third-order valence-electron chi connectivity index (χ3n) is 4.36. The van der Waals surface area contributed by atoms with Gasteiger partial charge in [0.15, 0.2) is 0 Å². The molecule has 0 aliphatic rings. The molecule has 136 valence electrons. The Morgan fingerprint density at radius 3 is 1.24 bits per heavy atom. The van der Waals surface area contributed by atoms with Crippen LogP contribution in [0.4, 0.5) is 0 Å². The van der Waals surface area contributed by atoms with E-state index in [0.29, 0.717) is 0 Å². The van der Waals surface area contributed by atoms with Crippen LogP contribution in [0, 0.1) is 0 Å². The molecule has 2 aromatic carbocycles. The van der Waals surface area contributed by atoms with Crippen molar-refractivity contribution in [2.24, 2.45) is 11.5 Å². The number of nitrogens with two attached hydrogens (primary N) is 2. The molecule has 0 aliphatic carbocycles. The van der Waals surface area contributed by atoms with Gasteiger partial charge in [0.2, 0.25) is 0 Å². The molecule has 2 nitrogen and oxygen atoms in total. The molecule has 0 radical (unpaired) electrons. The molecule has 0 fully saturated rings. The van der Waals surface area contributed by atoms with Gasteiger partial charge in [0.25, 0.3) is 0 Å². The van der Waals surface area contributed by atoms with Crippen molar-refractivity contribution in [3.05, 3.63) is 60.7 Å². The summed E-state index contributed by atoms with van der Waals surface area (Å²) in [5.74, 6) is 0. The van der Waals surface area contributed by atoms with Gasteiger partial charge in [0, 0.05) is 0 Å². The molecule has 0 spiro atoms. The average molecular weight is 374 g/mol. The van der Waals surface area contributed by atoms with Crippen LogP contribution in [0.2, 0.25) is 0 Å². The monoisotopic (exact) mass is 374 g/mol. The van der Waals surface area contributed by atoms with Crippen molar-refractivity contribution in [2.45, 2.75) is 19.3 Å². The van der Waals surface area contributed by atoms with Crippen LogP contribution in [0.15, 0.2) is 60.7 Å². The van der Waals surface area contributed by atoms with E-state index in [0.717, 1.165) is 25.9 Å². The van der Waals surface area contributed by atoms with E-state index in [1.807, 2.05) is 0 Å². The molecule has 0 bridgehead atoms. The van der Waals surface area contributed by atoms with Crippen LogP contribution in [0.25, 0.3) is 0 Å². The maximum Gasteiger partial charge on any atom is -0.00738 e. The number of hydrogen-bond acceptors (Lipinski definition) is 2. The minimum Gasteiger partial charge on any atom is -0.330 e. The van der Waals surface area contributed by atoms with Gasteiger partial charge in [-0.25, -0.2) is 0 Å². The molecule has 0 heterocycles. The first kappa shape index (κ1) is 20.5. The molecule has 2 aromatic rings. The van der Waals surface area contributed by atoms with Crippen molar-refractivity contribution < 1.29 is 0 Å². The summed E-state index contributed by atoms with van der Waals surface area (Å²) in [6.07, 6.45) is 8.78. The number of benzene rings is 2. The summed E-state index contributed by atoms with van der Waals surface area (Å²) in [6.45, 7) is 1.61. The highest BCUT2D eigenvalue weighted by Crippen LogP contribution is 2.40. The Balaban J connectivity index is 1.93. The van der Waals surface area contributed by atoms with Gasteiger partial charge in [-0.05, 0) is 67.6 Å². The van der Waals surface area contributed by atoms with E-state index in [1.54, 1.807) is 0 Å². The van der Waals surface area contributed by atoms with Crippen molar-refractivity contribution in [3.63, 3.8) is 0 Å². The molecule has 0 saturated carbocycles. The molecule has 2 atom stereocenters. The predicted octanol–water partition coefficient (Wildman–Crippen LogP) is 3.69. The van der Waals surface area contributed by atoms with Gasteiger partial charge in [-0.3, -0.25) is 0 Å². The Kier molecular flexibility index (Phi) is 10.3. The number of hydrogen-bond donors (Lipinski definition) is 2. The molecular weight excluding hydrogens is 342 g/mol. The third kappa shape index (κ3) is 7.55. The normalized spacial score (nSPS) is 13.5. The Morgan fingerprint density at radius 1 is 0.520 bits per heavy atom. The molecule has 0 saturated heterocycles. The minimum absolute atomic E-state index is 0.0684. The first-order chi connectivity index (χ1) is 12.3. The van der Waals surface area contributed by atoms with Crippen LogP contribution < -0.4 is 22.1 Å². The van der Waals surface area contributed by atoms with E-state index in [2.05, 4.69) is 60.7 Å². The quantitative estimate of drug-likeness (QED) is 0.557. The Hall–Kier alpha value is -0.780. The number of rotatable bonds is 12. The van der Waals surface area contributed by atoms with Crippen LogP contribution in [0.5, 0.6) is 0 Å². The summed E-state index contributed by atoms with van der Waals surface area (Å²) in [7, 11) is -0.137. The molecule has 25 heavy (non-hydrogen) atoms. The van der Waals surface area contributed by atoms with Crippen LogP contribution >= 0.6 is 15.8 Å². The molecule has 2 rings (SSSR count). The molecule has 0 amide bonds. The highest BCUT2D eigenvalue weighted by molar-refractivity contribution is 7.66. The summed E-state index contributed by atoms with van der Waals surface area (Å²) < 4.78 is 0. The Bertz CT molecular complexity index is 511. The largest absolute Gasteiger partial charge is 0.330 e. The first-order valence-corrected chi connectivity index (χ1v) is 12.8. The summed E-state index contributed by atoms with van der Waals surface area (Å²) in [5, 5.41) is 3.08. The Labute approximate surface area is 155 Å². The summed E-state index contributed by atoms with van der Waals surface area (Å²) >= 11 is 0. The zero-order valence-electron chi connectivity index (χ0n) is 15.2. The van der Waals surface area contributed by atoms with Crippen LogP contribution in [0.1, 0.15) is 19.3 Å². The van der Waals surface area contributed by atoms with Crippen LogP contribution in [0.3, 0.4) is 0 Å². The van der Waals surface area contributed by atoms with E-state index < -0.39 is 0 Å². The second kappa shape index (κ2) is 12.6. The SMILES string of the molecule is NCCCP(CCCP(CCCN)c1ccccc1)c1ccccc1. The molecule has 0 aromatic heterocycles. The summed E-state index contributed by atoms with van der Waals surface area (Å²) in [6, 6.07) is 22.1. The zero-order chi connectivity index (χ0) is 17.7. The van der Waals surface area contributed by atoms with Crippen molar-refractivity contribution >= 4 is 26.5 Å². The maximum absolute atomic E-state index is 5.76. The smallest absolute Gasteiger partial charge is 0.00738 e. The van der Waals surface area contributed by atoms with Crippen LogP contribution in [-0.4, -0.2) is 37.7 Å². The van der Waals surface area contributed by atoms with E-state index in [4.69, 9.17) is 11.5 Å². The first-order valence-electron chi connectivity index (χ1n) is 9.35. The lowest BCUT2D eigenvalue weighted by Gasteiger charge is -2.21. The fraction of sp³-hybridized carbons (Fsp3) is 0.429. The minimum atomic E-state index is -0.0684. The highest BCUT2D eigenvalue weighted by atomic mass is 31.1. The molecule has 2 unspecified atom stereocenters. The van der Waals surface area contributed by atoms with Crippen molar-refractivity contribution in [1.82, 2.24) is 0 Å². The Morgan fingerprint density at radius 2 is 0.880 bits per heavy atom. The van der Waals surface area contributed by atoms with Gasteiger partial charge >= 0.3 is 0 Å². The fourth-order valence-corrected chi connectivity index (χ4v) is 8.16. The van der Waals surface area contributed by atoms with Crippen LogP contribution in [-0.2, 0) is 0 Å². The fourth-order valence-electron chi connectivity index (χ4n) is 3.03. The summed E-state index contributed by atoms with van der Waals surface area (Å²) in [4.78, 5) is 0. The van der Waals surface area contributed by atoms with Gasteiger partial charge < -0.3 is 11.5 Å². The molecular formula is C21H32N2P2. The lowest BCUT2D eigenvalue weighted by molar-refractivity contribution is 0.930. The summed E-state index contributed by atoms with van der Waals surface area (Å²) in [5.41, 5.74) is 11.5. The van der Waals surface area contributed by atoms with Gasteiger partial charge in [0.05, 0.1) is 0 Å². The highest BCUT2D eigenvalue weighted by Gasteiger charge is 2.14. The van der Waals surface area contributed by atoms with Crippen molar-refractivity contribution in [1.29, 1.82) is 0 Å².